The molecule has 0 bridgehead atoms. The highest BCUT2D eigenvalue weighted by molar-refractivity contribution is 6.05. The maximum atomic E-state index is 14.0. The minimum absolute atomic E-state index is 0.00146. The van der Waals surface area contributed by atoms with Crippen molar-refractivity contribution in [3.63, 3.8) is 0 Å². The predicted molar refractivity (Wildman–Crippen MR) is 155 cm³/mol. The molecule has 0 saturated heterocycles. The van der Waals surface area contributed by atoms with Gasteiger partial charge in [-0.25, -0.2) is 4.79 Å². The number of anilines is 1. The molecule has 0 aliphatic heterocycles. The van der Waals surface area contributed by atoms with Crippen molar-refractivity contribution >= 4 is 35.1 Å². The molecular formula is C32H33N3O7. The summed E-state index contributed by atoms with van der Waals surface area (Å²) in [4.78, 5) is 64.9. The molecule has 10 nitrogen and oxygen atoms in total. The molecule has 1 fully saturated rings. The number of benzene rings is 3. The number of nitrogens with zero attached hydrogens (tertiary/aromatic N) is 2. The maximum absolute atomic E-state index is 14.0. The first kappa shape index (κ1) is 30.1. The summed E-state index contributed by atoms with van der Waals surface area (Å²) < 4.78 is 5.24. The van der Waals surface area contributed by atoms with E-state index in [4.69, 9.17) is 4.74 Å². The van der Waals surface area contributed by atoms with Crippen molar-refractivity contribution in [2.24, 2.45) is 11.8 Å². The van der Waals surface area contributed by atoms with Crippen LogP contribution in [-0.2, 0) is 32.2 Å². The minimum atomic E-state index is -1.13. The number of hydrogen-bond acceptors (Lipinski definition) is 7. The lowest BCUT2D eigenvalue weighted by atomic mass is 9.78. The monoisotopic (exact) mass is 571 g/mol. The van der Waals surface area contributed by atoms with E-state index >= 15 is 0 Å². The average molecular weight is 572 g/mol. The lowest BCUT2D eigenvalue weighted by Crippen LogP contribution is -2.42. The molecule has 0 radical (unpaired) electrons. The number of carbonyl (C=O) groups is 4. The number of nitro groups is 1. The number of esters is 2. The molecule has 0 heterocycles. The van der Waals surface area contributed by atoms with E-state index in [1.807, 2.05) is 60.7 Å². The van der Waals surface area contributed by atoms with Crippen LogP contribution in [-0.4, -0.2) is 33.6 Å². The van der Waals surface area contributed by atoms with Gasteiger partial charge in [0, 0.05) is 31.6 Å². The van der Waals surface area contributed by atoms with Gasteiger partial charge in [-0.15, -0.1) is 0 Å². The molecule has 10 heteroatoms. The second kappa shape index (κ2) is 14.2. The Kier molecular flexibility index (Phi) is 10.1. The first-order valence-corrected chi connectivity index (χ1v) is 14.0. The molecule has 2 atom stereocenters. The minimum Gasteiger partial charge on any atom is -0.389 e. The summed E-state index contributed by atoms with van der Waals surface area (Å²) in [7, 11) is 0. The molecule has 1 saturated carbocycles. The molecule has 0 aromatic heterocycles. The van der Waals surface area contributed by atoms with Gasteiger partial charge in [0.2, 0.25) is 11.8 Å². The predicted octanol–water partition coefficient (Wildman–Crippen LogP) is 5.66. The summed E-state index contributed by atoms with van der Waals surface area (Å²) in [5.41, 5.74) is 1.18. The van der Waals surface area contributed by atoms with E-state index < -0.39 is 40.3 Å². The number of hydrogen-bond donors (Lipinski definition) is 1. The Morgan fingerprint density at radius 3 is 2.00 bits per heavy atom. The van der Waals surface area contributed by atoms with Crippen LogP contribution in [0.3, 0.4) is 0 Å². The van der Waals surface area contributed by atoms with E-state index in [-0.39, 0.29) is 23.6 Å². The zero-order valence-corrected chi connectivity index (χ0v) is 23.4. The zero-order chi connectivity index (χ0) is 30.1. The first-order valence-electron chi connectivity index (χ1n) is 14.0. The van der Waals surface area contributed by atoms with Crippen LogP contribution in [0.25, 0.3) is 0 Å². The average Bonchev–Trinajstić information content (AvgIpc) is 3.01. The number of carbonyl (C=O) groups excluding carboxylic acids is 4. The molecule has 3 aromatic rings. The Labute approximate surface area is 243 Å². The van der Waals surface area contributed by atoms with E-state index in [1.54, 1.807) is 11.8 Å². The van der Waals surface area contributed by atoms with Crippen molar-refractivity contribution in [2.45, 2.75) is 52.1 Å². The lowest BCUT2D eigenvalue weighted by molar-refractivity contribution is -0.384. The standard InChI is InChI=1S/C32H33N3O7/c1-2-29(36)33-28-18-17-24(35(40)41)19-27(28)32(39)42-31(38)26-16-10-9-15-25(26)30(37)34(20-22-11-5-3-6-12-22)21-23-13-7-4-8-14-23/h3-8,11-14,17-19,25-26H,2,9-10,15-16,20-21H2,1H3,(H,33,36). The zero-order valence-electron chi connectivity index (χ0n) is 23.4. The van der Waals surface area contributed by atoms with Gasteiger partial charge in [0.15, 0.2) is 0 Å². The summed E-state index contributed by atoms with van der Waals surface area (Å²) in [5, 5.41) is 13.8. The third-order valence-corrected chi connectivity index (χ3v) is 7.35. The first-order chi connectivity index (χ1) is 20.3. The fraction of sp³-hybridized carbons (Fsp3) is 0.312. The molecule has 2 unspecified atom stereocenters. The number of nitro benzene ring substituents is 1. The Morgan fingerprint density at radius 1 is 0.881 bits per heavy atom. The highest BCUT2D eigenvalue weighted by atomic mass is 16.6. The molecule has 1 aliphatic carbocycles. The highest BCUT2D eigenvalue weighted by Gasteiger charge is 2.40. The van der Waals surface area contributed by atoms with Gasteiger partial charge in [0.25, 0.3) is 5.69 Å². The quantitative estimate of drug-likeness (QED) is 0.143. The second-order valence-corrected chi connectivity index (χ2v) is 10.3. The molecule has 218 valence electrons. The second-order valence-electron chi connectivity index (χ2n) is 10.3. The number of nitrogens with one attached hydrogen (secondary N) is 1. The van der Waals surface area contributed by atoms with E-state index in [0.717, 1.165) is 29.7 Å². The van der Waals surface area contributed by atoms with E-state index in [1.165, 1.54) is 6.07 Å². The summed E-state index contributed by atoms with van der Waals surface area (Å²) in [6, 6.07) is 22.5. The molecule has 42 heavy (non-hydrogen) atoms. The van der Waals surface area contributed by atoms with E-state index in [2.05, 4.69) is 5.32 Å². The fourth-order valence-electron chi connectivity index (χ4n) is 5.15. The summed E-state index contributed by atoms with van der Waals surface area (Å²) in [5.74, 6) is -4.18. The normalized spacial score (nSPS) is 16.2. The van der Waals surface area contributed by atoms with Crippen molar-refractivity contribution in [3.05, 3.63) is 106 Å². The number of ether oxygens (including phenoxy) is 1. The maximum Gasteiger partial charge on any atom is 0.348 e. The lowest BCUT2D eigenvalue weighted by Gasteiger charge is -2.33. The van der Waals surface area contributed by atoms with Gasteiger partial charge in [-0.3, -0.25) is 24.5 Å². The van der Waals surface area contributed by atoms with Crippen molar-refractivity contribution in [1.29, 1.82) is 0 Å². The molecular weight excluding hydrogens is 538 g/mol. The van der Waals surface area contributed by atoms with Gasteiger partial charge in [-0.1, -0.05) is 80.4 Å². The van der Waals surface area contributed by atoms with Gasteiger partial charge in [0.05, 0.1) is 28.0 Å². The summed E-state index contributed by atoms with van der Waals surface area (Å²) in [6.07, 6.45) is 2.36. The Morgan fingerprint density at radius 2 is 1.45 bits per heavy atom. The van der Waals surface area contributed by atoms with Gasteiger partial charge >= 0.3 is 11.9 Å². The van der Waals surface area contributed by atoms with Crippen molar-refractivity contribution < 1.29 is 28.8 Å². The van der Waals surface area contributed by atoms with Gasteiger partial charge in [0.1, 0.15) is 0 Å². The highest BCUT2D eigenvalue weighted by Crippen LogP contribution is 2.34. The fourth-order valence-corrected chi connectivity index (χ4v) is 5.15. The van der Waals surface area contributed by atoms with Crippen LogP contribution in [0.1, 0.15) is 60.5 Å². The summed E-state index contributed by atoms with van der Waals surface area (Å²) in [6.45, 7) is 2.31. The molecule has 4 rings (SSSR count). The SMILES string of the molecule is CCC(=O)Nc1ccc([N+](=O)[O-])cc1C(=O)OC(=O)C1CCCCC1C(=O)N(Cc1ccccc1)Cc1ccccc1. The molecule has 2 amide bonds. The van der Waals surface area contributed by atoms with Crippen molar-refractivity contribution in [2.75, 3.05) is 5.32 Å². The van der Waals surface area contributed by atoms with Crippen LogP contribution < -0.4 is 5.32 Å². The number of non-ortho nitro benzene ring substituents is 1. The van der Waals surface area contributed by atoms with Crippen LogP contribution in [0.5, 0.6) is 0 Å². The molecule has 3 aromatic carbocycles. The number of amides is 2. The smallest absolute Gasteiger partial charge is 0.348 e. The van der Waals surface area contributed by atoms with Crippen molar-refractivity contribution in [1.82, 2.24) is 4.90 Å². The van der Waals surface area contributed by atoms with Crippen LogP contribution >= 0.6 is 0 Å². The Bertz CT molecular complexity index is 1400. The van der Waals surface area contributed by atoms with Crippen LogP contribution in [0.2, 0.25) is 0 Å². The van der Waals surface area contributed by atoms with Gasteiger partial charge < -0.3 is 15.0 Å². The van der Waals surface area contributed by atoms with Crippen LogP contribution in [0.4, 0.5) is 11.4 Å². The third-order valence-electron chi connectivity index (χ3n) is 7.35. The van der Waals surface area contributed by atoms with Gasteiger partial charge in [-0.05, 0) is 30.0 Å². The summed E-state index contributed by atoms with van der Waals surface area (Å²) >= 11 is 0. The van der Waals surface area contributed by atoms with Crippen LogP contribution in [0, 0.1) is 22.0 Å². The van der Waals surface area contributed by atoms with Crippen molar-refractivity contribution in [3.8, 4) is 0 Å². The Balaban J connectivity index is 1.56. The largest absolute Gasteiger partial charge is 0.389 e. The molecule has 0 spiro atoms. The van der Waals surface area contributed by atoms with E-state index in [0.29, 0.717) is 32.4 Å². The number of rotatable bonds is 10. The topological polar surface area (TPSA) is 136 Å². The third kappa shape index (κ3) is 7.66. The molecule has 1 aliphatic rings. The van der Waals surface area contributed by atoms with E-state index in [9.17, 15) is 29.3 Å². The Hall–Kier alpha value is -4.86. The molecule has 1 N–H and O–H groups in total. The van der Waals surface area contributed by atoms with Crippen LogP contribution in [0.15, 0.2) is 78.9 Å². The van der Waals surface area contributed by atoms with Gasteiger partial charge in [-0.2, -0.15) is 0 Å².